The fourth-order valence-electron chi connectivity index (χ4n) is 19.8. The Hall–Kier alpha value is -13.2. The first kappa shape index (κ1) is 55.7. The van der Waals surface area contributed by atoms with Crippen LogP contribution in [0.1, 0.15) is 0 Å². The van der Waals surface area contributed by atoms with Gasteiger partial charge in [0.2, 0.25) is 0 Å². The average molecular weight is 1310 g/mol. The van der Waals surface area contributed by atoms with Gasteiger partial charge in [-0.1, -0.05) is 212 Å². The molecule has 0 aliphatic carbocycles. The van der Waals surface area contributed by atoms with Crippen LogP contribution < -0.4 is 100 Å². The largest absolute Gasteiger partial charge is 0.312 e. The fourth-order valence-corrected chi connectivity index (χ4v) is 19.8. The second-order valence-electron chi connectivity index (χ2n) is 28.5. The Balaban J connectivity index is 0.821. The van der Waals surface area contributed by atoms with E-state index in [0.29, 0.717) is 10.8 Å². The Kier molecular flexibility index (Phi) is 11.1. The molecule has 0 fully saturated rings. The van der Waals surface area contributed by atoms with Crippen molar-refractivity contribution in [3.63, 3.8) is 0 Å². The summed E-state index contributed by atoms with van der Waals surface area (Å²) in [6.07, 6.45) is 0. The predicted molar refractivity (Wildman–Crippen MR) is 434 cm³/mol. The maximum Gasteiger partial charge on any atom is 0.252 e. The van der Waals surface area contributed by atoms with Gasteiger partial charge in [-0.05, 0) is 187 Å². The van der Waals surface area contributed by atoms with Gasteiger partial charge in [0.15, 0.2) is 5.43 Å². The number of para-hydroxylation sites is 11. The maximum atomic E-state index is 17.3. The predicted octanol–water partition coefficient (Wildman–Crippen LogP) is 13.5. The van der Waals surface area contributed by atoms with Crippen LogP contribution in [0.2, 0.25) is 0 Å². The van der Waals surface area contributed by atoms with Gasteiger partial charge >= 0.3 is 0 Å². The SMILES string of the molecule is O=c1c2cc3c(cc2n(-c2ccccc2)c2cc4c(cc12)B1c2ccccc2N2c5ccccc5B5c6ccccc6N(c6ccccc6)c6cc(c1c2c65)N4c1ccccc1)N(c1ccccc1)c1cc2c4c5c1B3c1ccccc1N5c1ccccc1B4c1ccccc1N2c1ccccc1. The lowest BCUT2D eigenvalue weighted by molar-refractivity contribution is 1.15. The molecule has 0 unspecified atom stereocenters. The van der Waals surface area contributed by atoms with Crippen LogP contribution in [0.25, 0.3) is 27.5 Å². The normalized spacial score (nSPS) is 14.3. The number of anilines is 18. The van der Waals surface area contributed by atoms with Crippen molar-refractivity contribution in [3.05, 3.63) is 344 Å². The van der Waals surface area contributed by atoms with Crippen LogP contribution in [0, 0.1) is 0 Å². The van der Waals surface area contributed by atoms with E-state index in [9.17, 15) is 0 Å². The first-order chi connectivity index (χ1) is 51.1. The number of aromatic nitrogens is 1. The van der Waals surface area contributed by atoms with Gasteiger partial charge in [0.25, 0.3) is 26.9 Å². The second-order valence-corrected chi connectivity index (χ2v) is 28.5. The van der Waals surface area contributed by atoms with E-state index in [1.165, 1.54) is 88.8 Å². The van der Waals surface area contributed by atoms with Crippen molar-refractivity contribution < 1.29 is 0 Å². The van der Waals surface area contributed by atoms with Gasteiger partial charge in [-0.2, -0.15) is 0 Å². The highest BCUT2D eigenvalue weighted by molar-refractivity contribution is 7.06. The second kappa shape index (κ2) is 20.5. The van der Waals surface area contributed by atoms with Gasteiger partial charge in [-0.15, -0.1) is 0 Å². The third kappa shape index (κ3) is 7.21. The quantitative estimate of drug-likeness (QED) is 0.126. The number of rotatable bonds is 5. The summed E-state index contributed by atoms with van der Waals surface area (Å²) in [6.45, 7) is -0.652. The van der Waals surface area contributed by atoms with Gasteiger partial charge in [0, 0.05) is 119 Å². The molecule has 0 saturated carbocycles. The minimum Gasteiger partial charge on any atom is -0.312 e. The van der Waals surface area contributed by atoms with Gasteiger partial charge in [0.1, 0.15) is 0 Å². The molecule has 472 valence electrons. The maximum absolute atomic E-state index is 17.3. The topological polar surface area (TPSA) is 41.4 Å². The Morgan fingerprint density at radius 3 is 0.718 bits per heavy atom. The molecule has 0 N–H and O–H groups in total. The molecule has 8 aliphatic heterocycles. The zero-order valence-corrected chi connectivity index (χ0v) is 55.6. The van der Waals surface area contributed by atoms with E-state index >= 15 is 4.79 Å². The zero-order valence-electron chi connectivity index (χ0n) is 55.6. The smallest absolute Gasteiger partial charge is 0.252 e. The van der Waals surface area contributed by atoms with Crippen LogP contribution in [-0.4, -0.2) is 31.4 Å². The van der Waals surface area contributed by atoms with Crippen molar-refractivity contribution in [3.8, 4) is 5.69 Å². The molecule has 0 atom stereocenters. The molecule has 8 aliphatic rings. The molecule has 1 aromatic heterocycles. The Morgan fingerprint density at radius 2 is 0.427 bits per heavy atom. The third-order valence-electron chi connectivity index (χ3n) is 23.6. The van der Waals surface area contributed by atoms with E-state index in [1.807, 2.05) is 0 Å². The van der Waals surface area contributed by atoms with Crippen molar-refractivity contribution in [1.82, 2.24) is 4.57 Å². The lowest BCUT2D eigenvalue weighted by Gasteiger charge is -2.51. The van der Waals surface area contributed by atoms with Crippen LogP contribution in [0.15, 0.2) is 338 Å². The highest BCUT2D eigenvalue weighted by Crippen LogP contribution is 2.53. The van der Waals surface area contributed by atoms with Gasteiger partial charge in [0.05, 0.1) is 11.0 Å². The average Bonchev–Trinajstić information content (AvgIpc) is 0.673. The summed E-state index contributed by atoms with van der Waals surface area (Å²) in [7, 11) is 0. The van der Waals surface area contributed by atoms with Crippen LogP contribution in [-0.2, 0) is 0 Å². The molecule has 103 heavy (non-hydrogen) atoms. The fraction of sp³-hybridized carbons (Fsp3) is 0. The van der Waals surface area contributed by atoms with Gasteiger partial charge in [-0.25, -0.2) is 0 Å². The summed E-state index contributed by atoms with van der Waals surface area (Å²) >= 11 is 0. The highest BCUT2D eigenvalue weighted by atomic mass is 16.1. The Morgan fingerprint density at radius 1 is 0.194 bits per heavy atom. The number of pyridine rings is 1. The first-order valence-corrected chi connectivity index (χ1v) is 35.8. The molecule has 0 radical (unpaired) electrons. The lowest BCUT2D eigenvalue weighted by atomic mass is 9.28. The molecular formula is C91H55B4N7O. The third-order valence-corrected chi connectivity index (χ3v) is 23.6. The van der Waals surface area contributed by atoms with E-state index in [1.54, 1.807) is 0 Å². The zero-order chi connectivity index (χ0) is 67.0. The van der Waals surface area contributed by atoms with Crippen molar-refractivity contribution in [2.24, 2.45) is 0 Å². The van der Waals surface area contributed by atoms with Crippen molar-refractivity contribution >= 4 is 217 Å². The van der Waals surface area contributed by atoms with Crippen molar-refractivity contribution in [1.29, 1.82) is 0 Å². The van der Waals surface area contributed by atoms with Crippen LogP contribution in [0.3, 0.4) is 0 Å². The first-order valence-electron chi connectivity index (χ1n) is 35.8. The summed E-state index contributed by atoms with van der Waals surface area (Å²) in [5, 5.41) is 1.33. The molecule has 0 amide bonds. The number of nitrogens with zero attached hydrogens (tertiary/aromatic N) is 7. The van der Waals surface area contributed by atoms with Gasteiger partial charge < -0.3 is 34.0 Å². The molecule has 12 heteroatoms. The standard InChI is InChI=1S/C91H55B4N7O/c103-91-61-50-69-79(99(59-34-12-4-13-35-59)83-54-81-85-89-87(83)94(69)67-42-20-26-48-75(67)101(89)73-46-24-18-40-65(73)92(85)63-38-16-22-44-71(63)96(81)56-28-6-1-7-29-56)52-77(61)98(58-32-10-3-11-33-58)78-53-80-70(51-62(78)91)95-68-43-21-27-49-76(68)102-74-47-25-19-41-66(74)93-64-39-17-23-45-72(64)97(57-30-8-2-9-31-57)82-55-84(88(95)90(102)86(82)93)100(80)60-36-14-5-15-37-60/h1-55H. The van der Waals surface area contributed by atoms with E-state index in [2.05, 4.69) is 368 Å². The number of hydrogen-bond donors (Lipinski definition) is 0. The van der Waals surface area contributed by atoms with Gasteiger partial charge in [-0.3, -0.25) is 4.79 Å². The summed E-state index contributed by atoms with van der Waals surface area (Å²) < 4.78 is 2.40. The Bertz CT molecular complexity index is 6110. The molecule has 16 aromatic rings. The van der Waals surface area contributed by atoms with Crippen LogP contribution in [0.4, 0.5) is 102 Å². The molecule has 0 bridgehead atoms. The van der Waals surface area contributed by atoms with Crippen LogP contribution >= 0.6 is 0 Å². The minimum atomic E-state index is -0.265. The van der Waals surface area contributed by atoms with E-state index in [4.69, 9.17) is 0 Å². The molecule has 9 heterocycles. The van der Waals surface area contributed by atoms with Crippen molar-refractivity contribution in [2.45, 2.75) is 0 Å². The molecule has 24 rings (SSSR count). The molecular weight excluding hydrogens is 1250 g/mol. The monoisotopic (exact) mass is 1310 g/mol. The van der Waals surface area contributed by atoms with E-state index in [-0.39, 0.29) is 32.3 Å². The number of fused-ring (bicyclic) bond motifs is 22. The molecule has 0 saturated heterocycles. The van der Waals surface area contributed by atoms with E-state index in [0.717, 1.165) is 95.9 Å². The number of hydrogen-bond acceptors (Lipinski definition) is 7. The molecule has 0 spiro atoms. The highest BCUT2D eigenvalue weighted by Gasteiger charge is 2.54. The summed E-state index contributed by atoms with van der Waals surface area (Å²) in [5.74, 6) is 0. The van der Waals surface area contributed by atoms with E-state index < -0.39 is 0 Å². The molecule has 8 nitrogen and oxygen atoms in total. The summed E-state index contributed by atoms with van der Waals surface area (Å²) in [5.41, 5.74) is 37.5. The number of benzene rings is 15. The summed E-state index contributed by atoms with van der Waals surface area (Å²) in [6, 6.07) is 123. The molecule has 15 aromatic carbocycles. The van der Waals surface area contributed by atoms with Crippen LogP contribution in [0.5, 0.6) is 0 Å². The Labute approximate surface area is 596 Å². The lowest BCUT2D eigenvalue weighted by Crippen LogP contribution is -2.68. The summed E-state index contributed by atoms with van der Waals surface area (Å²) in [4.78, 5) is 32.5. The minimum absolute atomic E-state index is 0.0000960. The van der Waals surface area contributed by atoms with Crippen molar-refractivity contribution in [2.75, 3.05) is 29.4 Å².